The summed E-state index contributed by atoms with van der Waals surface area (Å²) < 4.78 is 0. The van der Waals surface area contributed by atoms with Crippen LogP contribution in [0, 0.1) is 5.92 Å². The molecule has 1 aromatic carbocycles. The highest BCUT2D eigenvalue weighted by atomic mass is 32.1. The highest BCUT2D eigenvalue weighted by molar-refractivity contribution is 7.18. The third-order valence-corrected chi connectivity index (χ3v) is 6.59. The van der Waals surface area contributed by atoms with Crippen LogP contribution in [0.1, 0.15) is 32.1 Å². The van der Waals surface area contributed by atoms with E-state index in [4.69, 9.17) is 0 Å². The standard InChI is InChI=1S/C21H27N5O2S/c27-18(22-21-24-23-19(29-21)16-7-3-1-4-8-16)15-25-11-13-26(14-12-25)20(28)17-9-5-2-6-10-17/h1,3-4,7-8,17H,2,5-6,9-15H2,(H,22,24,27). The number of anilines is 1. The second-order valence-corrected chi connectivity index (χ2v) is 8.74. The molecule has 2 amide bonds. The molecule has 2 aromatic rings. The summed E-state index contributed by atoms with van der Waals surface area (Å²) in [6, 6.07) is 9.80. The zero-order chi connectivity index (χ0) is 20.1. The van der Waals surface area contributed by atoms with Crippen LogP contribution in [0.4, 0.5) is 5.13 Å². The smallest absolute Gasteiger partial charge is 0.240 e. The Labute approximate surface area is 175 Å². The fourth-order valence-corrected chi connectivity index (χ4v) is 4.83. The molecule has 1 aromatic heterocycles. The van der Waals surface area contributed by atoms with Crippen molar-refractivity contribution >= 4 is 28.3 Å². The molecule has 4 rings (SSSR count). The van der Waals surface area contributed by atoms with Crippen molar-refractivity contribution in [1.82, 2.24) is 20.0 Å². The van der Waals surface area contributed by atoms with Crippen molar-refractivity contribution in [2.24, 2.45) is 5.92 Å². The average molecular weight is 414 g/mol. The number of nitrogens with one attached hydrogen (secondary N) is 1. The van der Waals surface area contributed by atoms with Crippen molar-refractivity contribution in [2.45, 2.75) is 32.1 Å². The second-order valence-electron chi connectivity index (χ2n) is 7.76. The third-order valence-electron chi connectivity index (χ3n) is 5.70. The van der Waals surface area contributed by atoms with Gasteiger partial charge < -0.3 is 4.90 Å². The zero-order valence-electron chi connectivity index (χ0n) is 16.5. The highest BCUT2D eigenvalue weighted by Crippen LogP contribution is 2.27. The summed E-state index contributed by atoms with van der Waals surface area (Å²) in [7, 11) is 0. The monoisotopic (exact) mass is 413 g/mol. The first kappa shape index (κ1) is 20.0. The molecular weight excluding hydrogens is 386 g/mol. The van der Waals surface area contributed by atoms with Crippen molar-refractivity contribution in [1.29, 1.82) is 0 Å². The van der Waals surface area contributed by atoms with E-state index in [-0.39, 0.29) is 11.8 Å². The van der Waals surface area contributed by atoms with E-state index in [2.05, 4.69) is 20.4 Å². The molecule has 154 valence electrons. The molecule has 0 spiro atoms. The highest BCUT2D eigenvalue weighted by Gasteiger charge is 2.28. The normalized spacial score (nSPS) is 18.6. The zero-order valence-corrected chi connectivity index (χ0v) is 17.4. The van der Waals surface area contributed by atoms with E-state index < -0.39 is 0 Å². The van der Waals surface area contributed by atoms with Crippen LogP contribution >= 0.6 is 11.3 Å². The minimum absolute atomic E-state index is 0.0900. The number of aromatic nitrogens is 2. The Kier molecular flexibility index (Phi) is 6.51. The second kappa shape index (κ2) is 9.45. The average Bonchev–Trinajstić information content (AvgIpc) is 3.23. The molecule has 7 nitrogen and oxygen atoms in total. The van der Waals surface area contributed by atoms with E-state index in [1.54, 1.807) is 0 Å². The number of carbonyl (C=O) groups is 2. The Bertz CT molecular complexity index is 827. The molecule has 1 N–H and O–H groups in total. The molecule has 2 fully saturated rings. The minimum Gasteiger partial charge on any atom is -0.340 e. The number of hydrogen-bond acceptors (Lipinski definition) is 6. The lowest BCUT2D eigenvalue weighted by molar-refractivity contribution is -0.138. The predicted molar refractivity (Wildman–Crippen MR) is 114 cm³/mol. The topological polar surface area (TPSA) is 78.4 Å². The molecular formula is C21H27N5O2S. The number of hydrogen-bond donors (Lipinski definition) is 1. The quantitative estimate of drug-likeness (QED) is 0.815. The van der Waals surface area contributed by atoms with Crippen molar-refractivity contribution in [3.05, 3.63) is 30.3 Å². The number of amides is 2. The molecule has 1 aliphatic carbocycles. The van der Waals surface area contributed by atoms with Gasteiger partial charge in [-0.15, -0.1) is 10.2 Å². The Morgan fingerprint density at radius 2 is 1.72 bits per heavy atom. The summed E-state index contributed by atoms with van der Waals surface area (Å²) in [4.78, 5) is 29.1. The molecule has 0 radical (unpaired) electrons. The van der Waals surface area contributed by atoms with Crippen LogP contribution in [-0.4, -0.2) is 64.5 Å². The molecule has 0 bridgehead atoms. The third kappa shape index (κ3) is 5.19. The van der Waals surface area contributed by atoms with Gasteiger partial charge in [-0.25, -0.2) is 0 Å². The van der Waals surface area contributed by atoms with E-state index >= 15 is 0 Å². The Morgan fingerprint density at radius 3 is 2.45 bits per heavy atom. The lowest BCUT2D eigenvalue weighted by Crippen LogP contribution is -2.52. The SMILES string of the molecule is O=C(CN1CCN(C(=O)C2CCCCC2)CC1)Nc1nnc(-c2ccccc2)s1. The largest absolute Gasteiger partial charge is 0.340 e. The lowest BCUT2D eigenvalue weighted by atomic mass is 9.88. The Hall–Kier alpha value is -2.32. The summed E-state index contributed by atoms with van der Waals surface area (Å²) in [5.74, 6) is 0.443. The molecule has 0 unspecified atom stereocenters. The molecule has 1 saturated heterocycles. The summed E-state index contributed by atoms with van der Waals surface area (Å²) in [5, 5.41) is 12.4. The van der Waals surface area contributed by atoms with Gasteiger partial charge in [0.05, 0.1) is 6.54 Å². The maximum Gasteiger partial charge on any atom is 0.240 e. The van der Waals surface area contributed by atoms with E-state index in [0.717, 1.165) is 36.5 Å². The Morgan fingerprint density at radius 1 is 1.00 bits per heavy atom. The first-order valence-corrected chi connectivity index (χ1v) is 11.2. The Balaban J connectivity index is 1.23. The number of rotatable bonds is 5. The van der Waals surface area contributed by atoms with Gasteiger partial charge in [0.25, 0.3) is 0 Å². The van der Waals surface area contributed by atoms with Gasteiger partial charge in [-0.3, -0.25) is 19.8 Å². The summed E-state index contributed by atoms with van der Waals surface area (Å²) in [6.07, 6.45) is 5.68. The minimum atomic E-state index is -0.0900. The van der Waals surface area contributed by atoms with E-state index in [1.807, 2.05) is 35.2 Å². The van der Waals surface area contributed by atoms with Gasteiger partial charge >= 0.3 is 0 Å². The van der Waals surface area contributed by atoms with Crippen molar-refractivity contribution < 1.29 is 9.59 Å². The van der Waals surface area contributed by atoms with Crippen molar-refractivity contribution in [3.8, 4) is 10.6 Å². The number of carbonyl (C=O) groups excluding carboxylic acids is 2. The van der Waals surface area contributed by atoms with Crippen LogP contribution < -0.4 is 5.32 Å². The van der Waals surface area contributed by atoms with Gasteiger partial charge in [-0.1, -0.05) is 60.9 Å². The lowest BCUT2D eigenvalue weighted by Gasteiger charge is -2.36. The van der Waals surface area contributed by atoms with Gasteiger partial charge in [0.1, 0.15) is 5.01 Å². The van der Waals surface area contributed by atoms with E-state index in [9.17, 15) is 9.59 Å². The van der Waals surface area contributed by atoms with Gasteiger partial charge in [-0.2, -0.15) is 0 Å². The van der Waals surface area contributed by atoms with E-state index in [0.29, 0.717) is 30.7 Å². The molecule has 1 aliphatic heterocycles. The first-order chi connectivity index (χ1) is 14.2. The van der Waals surface area contributed by atoms with Crippen LogP contribution in [0.3, 0.4) is 0 Å². The van der Waals surface area contributed by atoms with Gasteiger partial charge in [-0.05, 0) is 12.8 Å². The van der Waals surface area contributed by atoms with Crippen LogP contribution in [0.15, 0.2) is 30.3 Å². The molecule has 29 heavy (non-hydrogen) atoms. The molecule has 1 saturated carbocycles. The van der Waals surface area contributed by atoms with E-state index in [1.165, 1.54) is 30.6 Å². The fourth-order valence-electron chi connectivity index (χ4n) is 4.07. The first-order valence-electron chi connectivity index (χ1n) is 10.4. The van der Waals surface area contributed by atoms with Gasteiger partial charge in [0, 0.05) is 37.7 Å². The predicted octanol–water partition coefficient (Wildman–Crippen LogP) is 2.87. The van der Waals surface area contributed by atoms with Crippen LogP contribution in [0.2, 0.25) is 0 Å². The summed E-state index contributed by atoms with van der Waals surface area (Å²) in [5.41, 5.74) is 0.990. The maximum atomic E-state index is 12.7. The van der Waals surface area contributed by atoms with Crippen LogP contribution in [-0.2, 0) is 9.59 Å². The van der Waals surface area contributed by atoms with Crippen LogP contribution in [0.25, 0.3) is 10.6 Å². The molecule has 2 aliphatic rings. The van der Waals surface area contributed by atoms with Crippen molar-refractivity contribution in [3.63, 3.8) is 0 Å². The summed E-state index contributed by atoms with van der Waals surface area (Å²) in [6.45, 7) is 3.19. The maximum absolute atomic E-state index is 12.7. The molecule has 0 atom stereocenters. The number of nitrogens with zero attached hydrogens (tertiary/aromatic N) is 4. The number of benzene rings is 1. The molecule has 8 heteroatoms. The van der Waals surface area contributed by atoms with Gasteiger partial charge in [0.2, 0.25) is 16.9 Å². The summed E-state index contributed by atoms with van der Waals surface area (Å²) >= 11 is 1.37. The fraction of sp³-hybridized carbons (Fsp3) is 0.524. The number of piperazine rings is 1. The van der Waals surface area contributed by atoms with Gasteiger partial charge in [0.15, 0.2) is 0 Å². The van der Waals surface area contributed by atoms with Crippen molar-refractivity contribution in [2.75, 3.05) is 38.0 Å². The molecule has 2 heterocycles. The van der Waals surface area contributed by atoms with Crippen LogP contribution in [0.5, 0.6) is 0 Å².